The van der Waals surface area contributed by atoms with Crippen LogP contribution in [0.15, 0.2) is 18.5 Å². The lowest BCUT2D eigenvalue weighted by molar-refractivity contribution is 0.403. The first-order chi connectivity index (χ1) is 9.25. The van der Waals surface area contributed by atoms with E-state index in [4.69, 9.17) is 0 Å². The first kappa shape index (κ1) is 12.6. The molecular weight excluding hydrogens is 238 g/mol. The third kappa shape index (κ3) is 2.48. The minimum atomic E-state index is 0.596. The quantitative estimate of drug-likeness (QED) is 0.901. The molecule has 5 heteroatoms. The molecule has 3 rings (SSSR count). The Morgan fingerprint density at radius 1 is 1.37 bits per heavy atom. The van der Waals surface area contributed by atoms with Crippen molar-refractivity contribution in [3.05, 3.63) is 29.7 Å². The molecule has 3 heterocycles. The fourth-order valence-corrected chi connectivity index (χ4v) is 2.84. The van der Waals surface area contributed by atoms with E-state index in [9.17, 15) is 0 Å². The Morgan fingerprint density at radius 3 is 2.89 bits per heavy atom. The number of hydrogen-bond acceptors (Lipinski definition) is 4. The zero-order chi connectivity index (χ0) is 13.2. The molecule has 0 aliphatic carbocycles. The molecule has 2 aromatic rings. The Labute approximate surface area is 113 Å². The summed E-state index contributed by atoms with van der Waals surface area (Å²) in [5.41, 5.74) is 3.50. The molecule has 0 saturated carbocycles. The zero-order valence-corrected chi connectivity index (χ0v) is 11.6. The maximum atomic E-state index is 4.55. The average Bonchev–Trinajstić information content (AvgIpc) is 2.82. The molecule has 1 N–H and O–H groups in total. The van der Waals surface area contributed by atoms with E-state index in [1.807, 2.05) is 16.9 Å². The number of fused-ring (bicyclic) bond motifs is 1. The molecule has 1 saturated heterocycles. The van der Waals surface area contributed by atoms with Crippen LogP contribution >= 0.6 is 0 Å². The Hall–Kier alpha value is -1.46. The number of rotatable bonds is 3. The first-order valence-corrected chi connectivity index (χ1v) is 6.92. The molecule has 0 unspecified atom stereocenters. The summed E-state index contributed by atoms with van der Waals surface area (Å²) in [6.07, 6.45) is 6.24. The standard InChI is InChI=1S/C14H21N5/c1-18(2)10-12-9-17-19-13(5-8-16-14(12)19)11-3-6-15-7-4-11/h5,8-9,11,15H,3-4,6-7,10H2,1-2H3. The molecule has 0 atom stereocenters. The molecule has 0 amide bonds. The third-order valence-electron chi connectivity index (χ3n) is 3.75. The van der Waals surface area contributed by atoms with Crippen LogP contribution in [-0.4, -0.2) is 46.7 Å². The molecular formula is C14H21N5. The van der Waals surface area contributed by atoms with E-state index in [1.165, 1.54) is 24.1 Å². The van der Waals surface area contributed by atoms with Gasteiger partial charge in [-0.05, 0) is 46.1 Å². The van der Waals surface area contributed by atoms with Crippen molar-refractivity contribution in [1.82, 2.24) is 24.8 Å². The van der Waals surface area contributed by atoms with Gasteiger partial charge in [-0.2, -0.15) is 5.10 Å². The maximum Gasteiger partial charge on any atom is 0.159 e. The average molecular weight is 259 g/mol. The summed E-state index contributed by atoms with van der Waals surface area (Å²) in [4.78, 5) is 6.66. The molecule has 0 radical (unpaired) electrons. The molecule has 19 heavy (non-hydrogen) atoms. The highest BCUT2D eigenvalue weighted by Crippen LogP contribution is 2.25. The van der Waals surface area contributed by atoms with Gasteiger partial charge in [-0.3, -0.25) is 0 Å². The maximum absolute atomic E-state index is 4.55. The van der Waals surface area contributed by atoms with Gasteiger partial charge in [-0.25, -0.2) is 9.50 Å². The minimum absolute atomic E-state index is 0.596. The van der Waals surface area contributed by atoms with Crippen molar-refractivity contribution in [3.63, 3.8) is 0 Å². The van der Waals surface area contributed by atoms with Crippen LogP contribution in [0.3, 0.4) is 0 Å². The van der Waals surface area contributed by atoms with Crippen LogP contribution in [0, 0.1) is 0 Å². The normalized spacial score (nSPS) is 17.4. The van der Waals surface area contributed by atoms with Gasteiger partial charge in [0.2, 0.25) is 0 Å². The van der Waals surface area contributed by atoms with Gasteiger partial charge < -0.3 is 10.2 Å². The van der Waals surface area contributed by atoms with Crippen molar-refractivity contribution >= 4 is 5.65 Å². The fourth-order valence-electron chi connectivity index (χ4n) is 2.84. The van der Waals surface area contributed by atoms with Crippen LogP contribution in [0.1, 0.15) is 30.0 Å². The monoisotopic (exact) mass is 259 g/mol. The lowest BCUT2D eigenvalue weighted by Gasteiger charge is -2.23. The smallest absolute Gasteiger partial charge is 0.159 e. The van der Waals surface area contributed by atoms with Crippen molar-refractivity contribution in [2.24, 2.45) is 0 Å². The van der Waals surface area contributed by atoms with Gasteiger partial charge in [-0.1, -0.05) is 0 Å². The van der Waals surface area contributed by atoms with E-state index in [2.05, 4.69) is 40.5 Å². The summed E-state index contributed by atoms with van der Waals surface area (Å²) in [6.45, 7) is 3.08. The number of nitrogens with one attached hydrogen (secondary N) is 1. The van der Waals surface area contributed by atoms with Crippen LogP contribution in [0.4, 0.5) is 0 Å². The van der Waals surface area contributed by atoms with E-state index in [0.717, 1.165) is 25.3 Å². The molecule has 0 spiro atoms. The number of aromatic nitrogens is 3. The number of piperidine rings is 1. The van der Waals surface area contributed by atoms with Crippen molar-refractivity contribution in [3.8, 4) is 0 Å². The molecule has 102 valence electrons. The van der Waals surface area contributed by atoms with E-state index in [-0.39, 0.29) is 0 Å². The summed E-state index contributed by atoms with van der Waals surface area (Å²) in [5.74, 6) is 0.596. The summed E-state index contributed by atoms with van der Waals surface area (Å²) >= 11 is 0. The van der Waals surface area contributed by atoms with Gasteiger partial charge in [0, 0.05) is 29.9 Å². The van der Waals surface area contributed by atoms with Crippen molar-refractivity contribution in [1.29, 1.82) is 0 Å². The van der Waals surface area contributed by atoms with E-state index < -0.39 is 0 Å². The van der Waals surface area contributed by atoms with Gasteiger partial charge in [0.15, 0.2) is 5.65 Å². The van der Waals surface area contributed by atoms with Gasteiger partial charge in [0.05, 0.1) is 6.20 Å². The molecule has 1 aliphatic heterocycles. The Morgan fingerprint density at radius 2 is 2.16 bits per heavy atom. The zero-order valence-electron chi connectivity index (χ0n) is 11.6. The fraction of sp³-hybridized carbons (Fsp3) is 0.571. The lowest BCUT2D eigenvalue weighted by Crippen LogP contribution is -2.27. The summed E-state index contributed by atoms with van der Waals surface area (Å²) < 4.78 is 2.04. The highest BCUT2D eigenvalue weighted by Gasteiger charge is 2.19. The second kappa shape index (κ2) is 5.27. The van der Waals surface area contributed by atoms with Crippen molar-refractivity contribution < 1.29 is 0 Å². The predicted octanol–water partition coefficient (Wildman–Crippen LogP) is 1.26. The van der Waals surface area contributed by atoms with Crippen LogP contribution in [0.25, 0.3) is 5.65 Å². The topological polar surface area (TPSA) is 45.5 Å². The molecule has 0 aromatic carbocycles. The second-order valence-electron chi connectivity index (χ2n) is 5.54. The summed E-state index contributed by atoms with van der Waals surface area (Å²) in [5, 5.41) is 7.97. The SMILES string of the molecule is CN(C)Cc1cnn2c(C3CCNCC3)ccnc12. The Kier molecular flexibility index (Phi) is 3.48. The molecule has 2 aromatic heterocycles. The van der Waals surface area contributed by atoms with Gasteiger partial charge in [-0.15, -0.1) is 0 Å². The number of nitrogens with zero attached hydrogens (tertiary/aromatic N) is 4. The highest BCUT2D eigenvalue weighted by molar-refractivity contribution is 5.47. The largest absolute Gasteiger partial charge is 0.317 e. The first-order valence-electron chi connectivity index (χ1n) is 6.92. The van der Waals surface area contributed by atoms with Crippen LogP contribution in [0.2, 0.25) is 0 Å². The molecule has 0 bridgehead atoms. The van der Waals surface area contributed by atoms with Gasteiger partial charge in [0.25, 0.3) is 0 Å². The molecule has 1 aliphatic rings. The Bertz CT molecular complexity index is 554. The van der Waals surface area contributed by atoms with E-state index in [1.54, 1.807) is 0 Å². The minimum Gasteiger partial charge on any atom is -0.317 e. The van der Waals surface area contributed by atoms with E-state index in [0.29, 0.717) is 5.92 Å². The highest BCUT2D eigenvalue weighted by atomic mass is 15.3. The van der Waals surface area contributed by atoms with Gasteiger partial charge in [0.1, 0.15) is 0 Å². The third-order valence-corrected chi connectivity index (χ3v) is 3.75. The summed E-state index contributed by atoms with van der Waals surface area (Å²) in [6, 6.07) is 2.12. The van der Waals surface area contributed by atoms with Crippen molar-refractivity contribution in [2.75, 3.05) is 27.2 Å². The lowest BCUT2D eigenvalue weighted by atomic mass is 9.94. The van der Waals surface area contributed by atoms with Crippen LogP contribution < -0.4 is 5.32 Å². The second-order valence-corrected chi connectivity index (χ2v) is 5.54. The number of hydrogen-bond donors (Lipinski definition) is 1. The van der Waals surface area contributed by atoms with E-state index >= 15 is 0 Å². The Balaban J connectivity index is 1.99. The molecule has 1 fully saturated rings. The van der Waals surface area contributed by atoms with Crippen LogP contribution in [-0.2, 0) is 6.54 Å². The predicted molar refractivity (Wildman–Crippen MR) is 75.2 cm³/mol. The van der Waals surface area contributed by atoms with Crippen LogP contribution in [0.5, 0.6) is 0 Å². The van der Waals surface area contributed by atoms with Gasteiger partial charge >= 0.3 is 0 Å². The van der Waals surface area contributed by atoms with Crippen molar-refractivity contribution in [2.45, 2.75) is 25.3 Å². The summed E-state index contributed by atoms with van der Waals surface area (Å²) in [7, 11) is 4.14. The molecule has 5 nitrogen and oxygen atoms in total.